The van der Waals surface area contributed by atoms with Crippen LogP contribution < -0.4 is 24.3 Å². The Bertz CT molecular complexity index is 880. The average Bonchev–Trinajstić information content (AvgIpc) is 3.05. The predicted molar refractivity (Wildman–Crippen MR) is 116 cm³/mol. The third kappa shape index (κ3) is 5.59. The molecule has 8 heteroatoms. The van der Waals surface area contributed by atoms with E-state index in [-0.39, 0.29) is 5.91 Å². The van der Waals surface area contributed by atoms with Gasteiger partial charge in [0.25, 0.3) is 5.91 Å². The quantitative estimate of drug-likeness (QED) is 0.727. The van der Waals surface area contributed by atoms with Gasteiger partial charge in [0, 0.05) is 43.9 Å². The Labute approximate surface area is 182 Å². The second-order valence-electron chi connectivity index (χ2n) is 7.33. The largest absolute Gasteiger partial charge is 0.496 e. The van der Waals surface area contributed by atoms with Crippen molar-refractivity contribution in [2.24, 2.45) is 0 Å². The molecule has 0 bridgehead atoms. The monoisotopic (exact) mass is 428 g/mol. The topological polar surface area (TPSA) is 78.5 Å². The Kier molecular flexibility index (Phi) is 7.11. The van der Waals surface area contributed by atoms with Gasteiger partial charge in [0.1, 0.15) is 18.1 Å². The van der Waals surface area contributed by atoms with E-state index >= 15 is 0 Å². The molecule has 8 nitrogen and oxygen atoms in total. The van der Waals surface area contributed by atoms with Gasteiger partial charge in [-0.2, -0.15) is 0 Å². The highest BCUT2D eigenvalue weighted by Gasteiger charge is 2.20. The maximum atomic E-state index is 12.9. The fourth-order valence-corrected chi connectivity index (χ4v) is 3.49. The Morgan fingerprint density at radius 2 is 1.74 bits per heavy atom. The van der Waals surface area contributed by atoms with Crippen molar-refractivity contribution in [3.8, 4) is 23.0 Å². The van der Waals surface area contributed by atoms with Gasteiger partial charge in [0.15, 0.2) is 11.5 Å². The first-order chi connectivity index (χ1) is 15.2. The fourth-order valence-electron chi connectivity index (χ4n) is 3.49. The third-order valence-electron chi connectivity index (χ3n) is 5.21. The Balaban J connectivity index is 1.35. The Morgan fingerprint density at radius 3 is 2.45 bits per heavy atom. The third-order valence-corrected chi connectivity index (χ3v) is 5.21. The number of benzene rings is 2. The first-order valence-corrected chi connectivity index (χ1v) is 10.5. The summed E-state index contributed by atoms with van der Waals surface area (Å²) in [6.07, 6.45) is 0.791. The lowest BCUT2D eigenvalue weighted by atomic mass is 10.1. The molecular weight excluding hydrogens is 400 g/mol. The van der Waals surface area contributed by atoms with Crippen LogP contribution in [-0.4, -0.2) is 70.6 Å². The lowest BCUT2D eigenvalue weighted by Gasteiger charge is -2.26. The molecule has 1 N–H and O–H groups in total. The number of carbonyl (C=O) groups excluding carboxylic acids is 1. The number of methoxy groups -OCH3 is 1. The van der Waals surface area contributed by atoms with E-state index in [1.165, 1.54) is 7.11 Å². The molecule has 166 valence electrons. The number of anilines is 1. The molecule has 2 aliphatic heterocycles. The van der Waals surface area contributed by atoms with Crippen molar-refractivity contribution in [3.63, 3.8) is 0 Å². The van der Waals surface area contributed by atoms with Gasteiger partial charge in [0.2, 0.25) is 0 Å². The maximum absolute atomic E-state index is 12.9. The summed E-state index contributed by atoms with van der Waals surface area (Å²) >= 11 is 0. The van der Waals surface area contributed by atoms with E-state index < -0.39 is 0 Å². The van der Waals surface area contributed by atoms with Crippen LogP contribution in [0.15, 0.2) is 36.4 Å². The zero-order valence-electron chi connectivity index (χ0n) is 17.7. The number of ether oxygens (including phenoxy) is 5. The van der Waals surface area contributed by atoms with E-state index in [1.54, 1.807) is 12.1 Å². The van der Waals surface area contributed by atoms with Crippen molar-refractivity contribution >= 4 is 11.6 Å². The van der Waals surface area contributed by atoms with Gasteiger partial charge in [-0.25, -0.2) is 0 Å². The van der Waals surface area contributed by atoms with Gasteiger partial charge in [-0.05, 0) is 24.3 Å². The fraction of sp³-hybridized carbons (Fsp3) is 0.435. The first-order valence-electron chi connectivity index (χ1n) is 10.5. The predicted octanol–water partition coefficient (Wildman–Crippen LogP) is 2.82. The minimum absolute atomic E-state index is 0.284. The minimum atomic E-state index is -0.284. The molecule has 2 heterocycles. The van der Waals surface area contributed by atoms with Crippen molar-refractivity contribution < 1.29 is 28.5 Å². The van der Waals surface area contributed by atoms with E-state index in [9.17, 15) is 4.79 Å². The standard InChI is InChI=1S/C23H28N2O6/c1-27-20-16-22-21(30-10-2-11-31-22)15-19(20)23(26)24-17-3-5-18(6-4-17)29-14-9-25-7-12-28-13-8-25/h3-6,15-16H,2,7-14H2,1H3,(H,24,26). The molecular formula is C23H28N2O6. The molecule has 0 aromatic heterocycles. The van der Waals surface area contributed by atoms with Crippen LogP contribution in [0.25, 0.3) is 0 Å². The molecule has 0 aliphatic carbocycles. The van der Waals surface area contributed by atoms with Gasteiger partial charge in [-0.3, -0.25) is 9.69 Å². The van der Waals surface area contributed by atoms with E-state index in [0.29, 0.717) is 48.3 Å². The van der Waals surface area contributed by atoms with Gasteiger partial charge < -0.3 is 29.0 Å². The molecule has 2 aromatic carbocycles. The molecule has 0 atom stereocenters. The first kappa shape index (κ1) is 21.3. The number of amides is 1. The SMILES string of the molecule is COc1cc2c(cc1C(=O)Nc1ccc(OCCN3CCOCC3)cc1)OCCCO2. The number of hydrogen-bond donors (Lipinski definition) is 1. The lowest BCUT2D eigenvalue weighted by molar-refractivity contribution is 0.0322. The number of nitrogens with one attached hydrogen (secondary N) is 1. The molecule has 0 unspecified atom stereocenters. The van der Waals surface area contributed by atoms with Crippen molar-refractivity contribution in [2.45, 2.75) is 6.42 Å². The number of fused-ring (bicyclic) bond motifs is 1. The summed E-state index contributed by atoms with van der Waals surface area (Å²) in [5.41, 5.74) is 1.05. The van der Waals surface area contributed by atoms with Crippen molar-refractivity contribution in [3.05, 3.63) is 42.0 Å². The van der Waals surface area contributed by atoms with E-state index in [0.717, 1.165) is 45.0 Å². The summed E-state index contributed by atoms with van der Waals surface area (Å²) in [6.45, 7) is 6.04. The van der Waals surface area contributed by atoms with Crippen molar-refractivity contribution in [1.82, 2.24) is 4.90 Å². The summed E-state index contributed by atoms with van der Waals surface area (Å²) in [7, 11) is 1.53. The summed E-state index contributed by atoms with van der Waals surface area (Å²) in [5, 5.41) is 2.90. The summed E-state index contributed by atoms with van der Waals surface area (Å²) in [4.78, 5) is 15.2. The number of hydrogen-bond acceptors (Lipinski definition) is 7. The molecule has 1 amide bonds. The molecule has 2 aromatic rings. The Hall–Kier alpha value is -2.97. The highest BCUT2D eigenvalue weighted by molar-refractivity contribution is 6.06. The molecule has 2 aliphatic rings. The van der Waals surface area contributed by atoms with Crippen LogP contribution in [0.5, 0.6) is 23.0 Å². The van der Waals surface area contributed by atoms with E-state index in [4.69, 9.17) is 23.7 Å². The van der Waals surface area contributed by atoms with Crippen LogP contribution in [-0.2, 0) is 4.74 Å². The number of carbonyl (C=O) groups is 1. The molecule has 0 radical (unpaired) electrons. The van der Waals surface area contributed by atoms with E-state index in [1.807, 2.05) is 24.3 Å². The molecule has 1 fully saturated rings. The summed E-state index contributed by atoms with van der Waals surface area (Å²) < 4.78 is 27.9. The van der Waals surface area contributed by atoms with E-state index in [2.05, 4.69) is 10.2 Å². The Morgan fingerprint density at radius 1 is 1.03 bits per heavy atom. The zero-order chi connectivity index (χ0) is 21.5. The van der Waals surface area contributed by atoms with Crippen LogP contribution in [0, 0.1) is 0 Å². The summed E-state index contributed by atoms with van der Waals surface area (Å²) in [6, 6.07) is 10.7. The minimum Gasteiger partial charge on any atom is -0.496 e. The van der Waals surface area contributed by atoms with Crippen LogP contribution in [0.2, 0.25) is 0 Å². The second kappa shape index (κ2) is 10.4. The van der Waals surface area contributed by atoms with Gasteiger partial charge in [0.05, 0.1) is 39.1 Å². The molecule has 1 saturated heterocycles. The highest BCUT2D eigenvalue weighted by Crippen LogP contribution is 2.36. The zero-order valence-corrected chi connectivity index (χ0v) is 17.7. The second-order valence-corrected chi connectivity index (χ2v) is 7.33. The number of morpholine rings is 1. The number of rotatable bonds is 7. The average molecular weight is 428 g/mol. The lowest BCUT2D eigenvalue weighted by Crippen LogP contribution is -2.38. The van der Waals surface area contributed by atoms with Crippen molar-refractivity contribution in [1.29, 1.82) is 0 Å². The highest BCUT2D eigenvalue weighted by atomic mass is 16.5. The van der Waals surface area contributed by atoms with Gasteiger partial charge >= 0.3 is 0 Å². The van der Waals surface area contributed by atoms with Crippen LogP contribution in [0.1, 0.15) is 16.8 Å². The molecule has 0 saturated carbocycles. The van der Waals surface area contributed by atoms with Crippen LogP contribution in [0.4, 0.5) is 5.69 Å². The maximum Gasteiger partial charge on any atom is 0.259 e. The van der Waals surface area contributed by atoms with Gasteiger partial charge in [-0.15, -0.1) is 0 Å². The molecule has 4 rings (SSSR count). The molecule has 0 spiro atoms. The molecule has 31 heavy (non-hydrogen) atoms. The summed E-state index contributed by atoms with van der Waals surface area (Å²) in [5.74, 6) is 2.05. The van der Waals surface area contributed by atoms with Crippen molar-refractivity contribution in [2.75, 3.05) is 65.1 Å². The number of nitrogens with zero attached hydrogens (tertiary/aromatic N) is 1. The normalized spacial score (nSPS) is 16.3. The smallest absolute Gasteiger partial charge is 0.259 e. The van der Waals surface area contributed by atoms with Crippen LogP contribution >= 0.6 is 0 Å². The van der Waals surface area contributed by atoms with Crippen LogP contribution in [0.3, 0.4) is 0 Å². The van der Waals surface area contributed by atoms with Gasteiger partial charge in [-0.1, -0.05) is 0 Å².